The van der Waals surface area contributed by atoms with Gasteiger partial charge in [0.05, 0.1) is 15.6 Å². The smallest absolute Gasteiger partial charge is 0.255 e. The zero-order chi connectivity index (χ0) is 14.2. The summed E-state index contributed by atoms with van der Waals surface area (Å²) < 4.78 is 0. The van der Waals surface area contributed by atoms with Gasteiger partial charge in [0.15, 0.2) is 0 Å². The number of nitrogens with two attached hydrogens (primary N) is 1. The Morgan fingerprint density at radius 3 is 2.74 bits per heavy atom. The maximum Gasteiger partial charge on any atom is 0.255 e. The maximum atomic E-state index is 12.5. The first-order valence-corrected chi connectivity index (χ1v) is 7.07. The Kier molecular flexibility index (Phi) is 4.09. The van der Waals surface area contributed by atoms with Crippen LogP contribution >= 0.6 is 23.2 Å². The molecule has 1 aromatic rings. The third-order valence-electron chi connectivity index (χ3n) is 3.78. The summed E-state index contributed by atoms with van der Waals surface area (Å²) in [6.07, 6.45) is 0.803. The van der Waals surface area contributed by atoms with Gasteiger partial charge in [0, 0.05) is 19.1 Å². The van der Waals surface area contributed by atoms with Gasteiger partial charge in [0.1, 0.15) is 0 Å². The van der Waals surface area contributed by atoms with E-state index in [1.54, 1.807) is 23.1 Å². The highest BCUT2D eigenvalue weighted by Gasteiger charge is 2.36. The summed E-state index contributed by atoms with van der Waals surface area (Å²) in [6, 6.07) is 5.24. The van der Waals surface area contributed by atoms with Crippen molar-refractivity contribution >= 4 is 29.1 Å². The zero-order valence-corrected chi connectivity index (χ0v) is 12.6. The molecular weight excluding hydrogens is 283 g/mol. The van der Waals surface area contributed by atoms with Gasteiger partial charge in [0.2, 0.25) is 0 Å². The van der Waals surface area contributed by atoms with Crippen LogP contribution in [0.2, 0.25) is 10.0 Å². The fraction of sp³-hybridized carbons (Fsp3) is 0.500. The molecule has 1 aliphatic heterocycles. The van der Waals surface area contributed by atoms with Crippen LogP contribution in [-0.4, -0.2) is 29.9 Å². The van der Waals surface area contributed by atoms with E-state index < -0.39 is 0 Å². The Morgan fingerprint density at radius 1 is 1.42 bits per heavy atom. The normalized spacial score (nSPS) is 22.4. The molecule has 2 rings (SSSR count). The van der Waals surface area contributed by atoms with Crippen molar-refractivity contribution in [3.8, 4) is 0 Å². The Hall–Kier alpha value is -0.770. The second-order valence-corrected chi connectivity index (χ2v) is 6.50. The second kappa shape index (κ2) is 5.31. The molecule has 0 aliphatic carbocycles. The molecule has 0 saturated carbocycles. The van der Waals surface area contributed by atoms with E-state index in [9.17, 15) is 4.79 Å². The van der Waals surface area contributed by atoms with E-state index in [1.165, 1.54) is 0 Å². The van der Waals surface area contributed by atoms with Crippen LogP contribution in [0, 0.1) is 5.41 Å². The molecule has 0 spiro atoms. The lowest BCUT2D eigenvalue weighted by Gasteiger charge is -2.42. The molecule has 1 heterocycles. The average Bonchev–Trinajstić information content (AvgIpc) is 2.35. The van der Waals surface area contributed by atoms with Crippen molar-refractivity contribution < 1.29 is 4.79 Å². The van der Waals surface area contributed by atoms with Crippen LogP contribution in [0.5, 0.6) is 0 Å². The summed E-state index contributed by atoms with van der Waals surface area (Å²) in [5.74, 6) is -0.0764. The van der Waals surface area contributed by atoms with E-state index >= 15 is 0 Å². The number of carbonyl (C=O) groups is 1. The zero-order valence-electron chi connectivity index (χ0n) is 11.1. The second-order valence-electron chi connectivity index (χ2n) is 5.71. The number of amides is 1. The number of rotatable bonds is 1. The van der Waals surface area contributed by atoms with E-state index in [4.69, 9.17) is 28.9 Å². The number of piperidine rings is 1. The molecule has 1 amide bonds. The summed E-state index contributed by atoms with van der Waals surface area (Å²) >= 11 is 12.1. The van der Waals surface area contributed by atoms with Crippen molar-refractivity contribution in [2.24, 2.45) is 11.1 Å². The highest BCUT2D eigenvalue weighted by atomic mass is 35.5. The molecule has 1 saturated heterocycles. The van der Waals surface area contributed by atoms with Gasteiger partial charge in [-0.2, -0.15) is 0 Å². The Bertz CT molecular complexity index is 502. The van der Waals surface area contributed by atoms with Crippen LogP contribution < -0.4 is 5.73 Å². The summed E-state index contributed by atoms with van der Waals surface area (Å²) in [6.45, 7) is 5.45. The minimum Gasteiger partial charge on any atom is -0.338 e. The molecule has 1 aliphatic rings. The van der Waals surface area contributed by atoms with Crippen LogP contribution in [0.4, 0.5) is 0 Å². The summed E-state index contributed by atoms with van der Waals surface area (Å²) in [4.78, 5) is 14.3. The minimum absolute atomic E-state index is 0.0764. The Morgan fingerprint density at radius 2 is 2.11 bits per heavy atom. The number of carbonyl (C=O) groups excluding carboxylic acids is 1. The summed E-state index contributed by atoms with van der Waals surface area (Å²) in [5.41, 5.74) is 6.46. The molecular formula is C14H18Cl2N2O. The topological polar surface area (TPSA) is 46.3 Å². The number of hydrogen-bond acceptors (Lipinski definition) is 2. The molecule has 0 radical (unpaired) electrons. The fourth-order valence-electron chi connectivity index (χ4n) is 2.39. The molecule has 19 heavy (non-hydrogen) atoms. The largest absolute Gasteiger partial charge is 0.338 e. The quantitative estimate of drug-likeness (QED) is 0.866. The van der Waals surface area contributed by atoms with E-state index in [0.717, 1.165) is 6.42 Å². The van der Waals surface area contributed by atoms with E-state index in [0.29, 0.717) is 28.7 Å². The van der Waals surface area contributed by atoms with Gasteiger partial charge in [-0.25, -0.2) is 0 Å². The fourth-order valence-corrected chi connectivity index (χ4v) is 2.77. The van der Waals surface area contributed by atoms with Crippen LogP contribution in [-0.2, 0) is 0 Å². The number of benzene rings is 1. The number of hydrogen-bond donors (Lipinski definition) is 1. The first-order chi connectivity index (χ1) is 8.83. The lowest BCUT2D eigenvalue weighted by molar-refractivity contribution is 0.0533. The van der Waals surface area contributed by atoms with Gasteiger partial charge >= 0.3 is 0 Å². The standard InChI is InChI=1S/C14H18Cl2N2O/c1-14(2)8-18(7-6-11(14)17)13(19)9-4-3-5-10(15)12(9)16/h3-5,11H,6-8,17H2,1-2H3. The van der Waals surface area contributed by atoms with Gasteiger partial charge in [-0.05, 0) is 24.0 Å². The third kappa shape index (κ3) is 2.88. The molecule has 104 valence electrons. The molecule has 1 unspecified atom stereocenters. The average molecular weight is 301 g/mol. The van der Waals surface area contributed by atoms with Crippen LogP contribution in [0.3, 0.4) is 0 Å². The molecule has 3 nitrogen and oxygen atoms in total. The van der Waals surface area contributed by atoms with Crippen molar-refractivity contribution in [2.75, 3.05) is 13.1 Å². The Labute approximate surface area is 123 Å². The number of likely N-dealkylation sites (tertiary alicyclic amines) is 1. The third-order valence-corrected chi connectivity index (χ3v) is 4.60. The molecule has 0 bridgehead atoms. The highest BCUT2D eigenvalue weighted by molar-refractivity contribution is 6.43. The minimum atomic E-state index is -0.0844. The maximum absolute atomic E-state index is 12.5. The number of halogens is 2. The van der Waals surface area contributed by atoms with Crippen molar-refractivity contribution in [2.45, 2.75) is 26.3 Å². The lowest BCUT2D eigenvalue weighted by Crippen LogP contribution is -2.54. The van der Waals surface area contributed by atoms with Crippen LogP contribution in [0.25, 0.3) is 0 Å². The van der Waals surface area contributed by atoms with Gasteiger partial charge in [-0.3, -0.25) is 4.79 Å². The van der Waals surface area contributed by atoms with Crippen molar-refractivity contribution in [1.29, 1.82) is 0 Å². The highest BCUT2D eigenvalue weighted by Crippen LogP contribution is 2.31. The monoisotopic (exact) mass is 300 g/mol. The van der Waals surface area contributed by atoms with Gasteiger partial charge < -0.3 is 10.6 Å². The first-order valence-electron chi connectivity index (χ1n) is 6.32. The molecule has 1 atom stereocenters. The predicted molar refractivity (Wildman–Crippen MR) is 78.7 cm³/mol. The van der Waals surface area contributed by atoms with E-state index in [1.807, 2.05) is 0 Å². The van der Waals surface area contributed by atoms with Crippen molar-refractivity contribution in [1.82, 2.24) is 4.90 Å². The van der Waals surface area contributed by atoms with Gasteiger partial charge in [0.25, 0.3) is 5.91 Å². The summed E-state index contributed by atoms with van der Waals surface area (Å²) in [5, 5.41) is 0.724. The molecule has 5 heteroatoms. The van der Waals surface area contributed by atoms with E-state index in [-0.39, 0.29) is 17.4 Å². The van der Waals surface area contributed by atoms with E-state index in [2.05, 4.69) is 13.8 Å². The predicted octanol–water partition coefficient (Wildman–Crippen LogP) is 3.19. The van der Waals surface area contributed by atoms with Gasteiger partial charge in [-0.15, -0.1) is 0 Å². The molecule has 0 aromatic heterocycles. The first kappa shape index (κ1) is 14.6. The van der Waals surface area contributed by atoms with Crippen LogP contribution in [0.1, 0.15) is 30.6 Å². The van der Waals surface area contributed by atoms with Crippen molar-refractivity contribution in [3.05, 3.63) is 33.8 Å². The van der Waals surface area contributed by atoms with Gasteiger partial charge in [-0.1, -0.05) is 43.1 Å². The summed E-state index contributed by atoms with van der Waals surface area (Å²) in [7, 11) is 0. The number of nitrogens with zero attached hydrogens (tertiary/aromatic N) is 1. The molecule has 1 fully saturated rings. The van der Waals surface area contributed by atoms with Crippen LogP contribution in [0.15, 0.2) is 18.2 Å². The Balaban J connectivity index is 2.23. The molecule has 1 aromatic carbocycles. The SMILES string of the molecule is CC1(C)CN(C(=O)c2cccc(Cl)c2Cl)CCC1N. The molecule has 2 N–H and O–H groups in total. The van der Waals surface area contributed by atoms with Crippen molar-refractivity contribution in [3.63, 3.8) is 0 Å². The lowest BCUT2D eigenvalue weighted by atomic mass is 9.79.